The fourth-order valence-electron chi connectivity index (χ4n) is 2.93. The van der Waals surface area contributed by atoms with Gasteiger partial charge in [0.25, 0.3) is 5.91 Å². The summed E-state index contributed by atoms with van der Waals surface area (Å²) >= 11 is 0. The van der Waals surface area contributed by atoms with Crippen LogP contribution in [0.3, 0.4) is 0 Å². The van der Waals surface area contributed by atoms with Crippen molar-refractivity contribution < 1.29 is 19.5 Å². The van der Waals surface area contributed by atoms with Crippen molar-refractivity contribution in [2.45, 2.75) is 38.5 Å². The van der Waals surface area contributed by atoms with E-state index in [1.54, 1.807) is 18.2 Å². The number of hydrogen-bond acceptors (Lipinski definition) is 3. The van der Waals surface area contributed by atoms with Gasteiger partial charge in [-0.25, -0.2) is 0 Å². The average Bonchev–Trinajstić information content (AvgIpc) is 2.66. The zero-order valence-corrected chi connectivity index (χ0v) is 14.9. The number of nitrogens with one attached hydrogen (secondary N) is 1. The molecule has 0 saturated carbocycles. The monoisotopic (exact) mass is 358 g/mol. The number of carbonyl (C=O) groups excluding carboxylic acids is 2. The summed E-state index contributed by atoms with van der Waals surface area (Å²) in [5, 5.41) is 10.9. The van der Waals surface area contributed by atoms with Crippen molar-refractivity contribution in [1.29, 1.82) is 0 Å². The molecule has 0 spiro atoms. The van der Waals surface area contributed by atoms with E-state index in [1.165, 1.54) is 6.42 Å². The molecular weight excluding hydrogens is 332 g/mol. The third-order valence-electron chi connectivity index (χ3n) is 4.33. The molecule has 1 aliphatic rings. The lowest BCUT2D eigenvalue weighted by atomic mass is 10.1. The van der Waals surface area contributed by atoms with Gasteiger partial charge in [-0.2, -0.15) is 0 Å². The second kappa shape index (κ2) is 10.4. The maximum atomic E-state index is 12.1. The normalized spacial score (nSPS) is 14.4. The Morgan fingerprint density at radius 1 is 1.15 bits per heavy atom. The van der Waals surface area contributed by atoms with Crippen LogP contribution < -0.4 is 5.32 Å². The van der Waals surface area contributed by atoms with Crippen LogP contribution in [-0.4, -0.2) is 47.4 Å². The predicted octanol–water partition coefficient (Wildman–Crippen LogP) is 2.70. The molecule has 6 nitrogen and oxygen atoms in total. The van der Waals surface area contributed by atoms with Crippen molar-refractivity contribution in [3.63, 3.8) is 0 Å². The van der Waals surface area contributed by atoms with Crippen LogP contribution in [-0.2, 0) is 9.59 Å². The largest absolute Gasteiger partial charge is 0.480 e. The topological polar surface area (TPSA) is 86.7 Å². The molecular formula is C20H26N2O4. The molecule has 2 rings (SSSR count). The van der Waals surface area contributed by atoms with Crippen LogP contribution in [0.2, 0.25) is 0 Å². The maximum Gasteiger partial charge on any atom is 0.322 e. The Morgan fingerprint density at radius 3 is 2.65 bits per heavy atom. The van der Waals surface area contributed by atoms with Gasteiger partial charge < -0.3 is 15.3 Å². The van der Waals surface area contributed by atoms with Crippen molar-refractivity contribution in [3.05, 3.63) is 41.5 Å². The van der Waals surface area contributed by atoms with Crippen molar-refractivity contribution in [1.82, 2.24) is 10.2 Å². The van der Waals surface area contributed by atoms with Gasteiger partial charge in [0.2, 0.25) is 5.91 Å². The SMILES string of the molecule is O=C(O)CNC(=O)c1cccc(/C=C\CCCC(=O)N2CCCCC2)c1. The second-order valence-electron chi connectivity index (χ2n) is 6.44. The highest BCUT2D eigenvalue weighted by Gasteiger charge is 2.15. The highest BCUT2D eigenvalue weighted by Crippen LogP contribution is 2.12. The Hall–Kier alpha value is -2.63. The van der Waals surface area contributed by atoms with E-state index in [9.17, 15) is 14.4 Å². The van der Waals surface area contributed by atoms with Gasteiger partial charge in [-0.05, 0) is 49.8 Å². The Labute approximate surface area is 153 Å². The van der Waals surface area contributed by atoms with Gasteiger partial charge in [0.05, 0.1) is 0 Å². The van der Waals surface area contributed by atoms with E-state index in [2.05, 4.69) is 5.32 Å². The van der Waals surface area contributed by atoms with Crippen LogP contribution in [0.15, 0.2) is 30.3 Å². The lowest BCUT2D eigenvalue weighted by Gasteiger charge is -2.26. The molecule has 140 valence electrons. The van der Waals surface area contributed by atoms with Crippen LogP contribution in [0.5, 0.6) is 0 Å². The minimum Gasteiger partial charge on any atom is -0.480 e. The number of carboxylic acids is 1. The smallest absolute Gasteiger partial charge is 0.322 e. The quantitative estimate of drug-likeness (QED) is 0.700. The molecule has 0 radical (unpaired) electrons. The highest BCUT2D eigenvalue weighted by molar-refractivity contribution is 5.96. The van der Waals surface area contributed by atoms with Crippen LogP contribution in [0, 0.1) is 0 Å². The van der Waals surface area contributed by atoms with Gasteiger partial charge in [0.1, 0.15) is 6.54 Å². The minimum atomic E-state index is -1.08. The van der Waals surface area contributed by atoms with Gasteiger partial charge >= 0.3 is 5.97 Å². The Bertz CT molecular complexity index is 664. The zero-order valence-electron chi connectivity index (χ0n) is 14.9. The molecule has 0 bridgehead atoms. The number of aliphatic carboxylic acids is 1. The van der Waals surface area contributed by atoms with Gasteiger partial charge in [0.15, 0.2) is 0 Å². The first kappa shape index (κ1) is 19.7. The lowest BCUT2D eigenvalue weighted by molar-refractivity contribution is -0.136. The molecule has 1 heterocycles. The zero-order chi connectivity index (χ0) is 18.8. The van der Waals surface area contributed by atoms with Crippen LogP contribution in [0.1, 0.15) is 54.4 Å². The van der Waals surface area contributed by atoms with E-state index < -0.39 is 18.4 Å². The van der Waals surface area contributed by atoms with Gasteiger partial charge in [0, 0.05) is 25.1 Å². The summed E-state index contributed by atoms with van der Waals surface area (Å²) in [6, 6.07) is 7.00. The molecule has 1 aromatic carbocycles. The fraction of sp³-hybridized carbons (Fsp3) is 0.450. The number of nitrogens with zero attached hydrogens (tertiary/aromatic N) is 1. The minimum absolute atomic E-state index is 0.246. The fourth-order valence-corrected chi connectivity index (χ4v) is 2.93. The second-order valence-corrected chi connectivity index (χ2v) is 6.44. The van der Waals surface area contributed by atoms with E-state index in [1.807, 2.05) is 23.1 Å². The van der Waals surface area contributed by atoms with Crippen molar-refractivity contribution >= 4 is 23.9 Å². The summed E-state index contributed by atoms with van der Waals surface area (Å²) in [7, 11) is 0. The molecule has 1 fully saturated rings. The average molecular weight is 358 g/mol. The van der Waals surface area contributed by atoms with Gasteiger partial charge in [-0.1, -0.05) is 24.3 Å². The summed E-state index contributed by atoms with van der Waals surface area (Å²) in [5.41, 5.74) is 1.30. The molecule has 0 unspecified atom stereocenters. The number of hydrogen-bond donors (Lipinski definition) is 2. The Kier molecular flexibility index (Phi) is 7.86. The molecule has 0 aliphatic carbocycles. The third-order valence-corrected chi connectivity index (χ3v) is 4.33. The lowest BCUT2D eigenvalue weighted by Crippen LogP contribution is -2.35. The molecule has 2 amide bonds. The number of benzene rings is 1. The first-order chi connectivity index (χ1) is 12.6. The van der Waals surface area contributed by atoms with Gasteiger partial charge in [-0.3, -0.25) is 14.4 Å². The summed E-state index contributed by atoms with van der Waals surface area (Å²) < 4.78 is 0. The summed E-state index contributed by atoms with van der Waals surface area (Å²) in [6.45, 7) is 1.39. The standard InChI is InChI=1S/C20H26N2O4/c23-18(22-12-5-2-6-13-22)11-4-1-3-8-16-9-7-10-17(14-16)20(26)21-15-19(24)25/h3,7-10,14H,1-2,4-6,11-13,15H2,(H,21,26)(H,24,25)/b8-3-. The number of likely N-dealkylation sites (tertiary alicyclic amines) is 1. The number of amides is 2. The first-order valence-electron chi connectivity index (χ1n) is 9.10. The number of unbranched alkanes of at least 4 members (excludes halogenated alkanes) is 1. The molecule has 2 N–H and O–H groups in total. The predicted molar refractivity (Wildman–Crippen MR) is 99.7 cm³/mol. The van der Waals surface area contributed by atoms with E-state index in [0.29, 0.717) is 12.0 Å². The third kappa shape index (κ3) is 6.70. The van der Waals surface area contributed by atoms with Crippen molar-refractivity contribution in [3.8, 4) is 0 Å². The van der Waals surface area contributed by atoms with Crippen molar-refractivity contribution in [2.24, 2.45) is 0 Å². The molecule has 0 atom stereocenters. The first-order valence-corrected chi connectivity index (χ1v) is 9.10. The van der Waals surface area contributed by atoms with Crippen molar-refractivity contribution in [2.75, 3.05) is 19.6 Å². The van der Waals surface area contributed by atoms with E-state index >= 15 is 0 Å². The Morgan fingerprint density at radius 2 is 1.92 bits per heavy atom. The van der Waals surface area contributed by atoms with E-state index in [-0.39, 0.29) is 5.91 Å². The number of piperidine rings is 1. The number of carboxylic acid groups (broad SMARTS) is 1. The van der Waals surface area contributed by atoms with Crippen LogP contribution in [0.4, 0.5) is 0 Å². The summed E-state index contributed by atoms with van der Waals surface area (Å²) in [5.74, 6) is -1.24. The summed E-state index contributed by atoms with van der Waals surface area (Å²) in [6.07, 6.45) is 9.54. The molecule has 1 saturated heterocycles. The highest BCUT2D eigenvalue weighted by atomic mass is 16.4. The molecule has 26 heavy (non-hydrogen) atoms. The molecule has 1 aromatic rings. The van der Waals surface area contributed by atoms with Gasteiger partial charge in [-0.15, -0.1) is 0 Å². The number of allylic oxidation sites excluding steroid dienone is 1. The maximum absolute atomic E-state index is 12.1. The number of carbonyl (C=O) groups is 3. The van der Waals surface area contributed by atoms with Crippen LogP contribution in [0.25, 0.3) is 6.08 Å². The molecule has 0 aromatic heterocycles. The van der Waals surface area contributed by atoms with E-state index in [0.717, 1.165) is 44.3 Å². The van der Waals surface area contributed by atoms with Crippen LogP contribution >= 0.6 is 0 Å². The molecule has 1 aliphatic heterocycles. The van der Waals surface area contributed by atoms with E-state index in [4.69, 9.17) is 5.11 Å². The Balaban J connectivity index is 1.75. The number of rotatable bonds is 8. The molecule has 6 heteroatoms. The summed E-state index contributed by atoms with van der Waals surface area (Å²) in [4.78, 5) is 36.4.